The Labute approximate surface area is 222 Å². The van der Waals surface area contributed by atoms with Gasteiger partial charge in [0.05, 0.1) is 23.3 Å². The first-order valence-electron chi connectivity index (χ1n) is 12.1. The molecule has 0 spiro atoms. The molecule has 1 N–H and O–H groups in total. The van der Waals surface area contributed by atoms with Gasteiger partial charge in [-0.05, 0) is 59.2 Å². The monoisotopic (exact) mass is 527 g/mol. The van der Waals surface area contributed by atoms with Crippen LogP contribution in [0.2, 0.25) is 5.02 Å². The maximum absolute atomic E-state index is 13.4. The number of aromatic carboxylic acids is 1. The molecule has 10 nitrogen and oxygen atoms in total. The predicted molar refractivity (Wildman–Crippen MR) is 139 cm³/mol. The summed E-state index contributed by atoms with van der Waals surface area (Å²) in [4.78, 5) is 15.7. The molecule has 1 unspecified atom stereocenters. The number of pyridine rings is 1. The minimum Gasteiger partial charge on any atom is -0.618 e. The third kappa shape index (κ3) is 4.73. The van der Waals surface area contributed by atoms with Crippen molar-refractivity contribution in [3.63, 3.8) is 0 Å². The van der Waals surface area contributed by atoms with E-state index in [1.807, 2.05) is 29.0 Å². The van der Waals surface area contributed by atoms with Gasteiger partial charge in [-0.15, -0.1) is 5.10 Å². The van der Waals surface area contributed by atoms with E-state index in [-0.39, 0.29) is 11.6 Å². The Morgan fingerprint density at radius 1 is 1.11 bits per heavy atom. The van der Waals surface area contributed by atoms with E-state index < -0.39 is 5.97 Å². The summed E-state index contributed by atoms with van der Waals surface area (Å²) in [5, 5.41) is 34.5. The van der Waals surface area contributed by atoms with Gasteiger partial charge >= 0.3 is 5.97 Å². The van der Waals surface area contributed by atoms with Crippen molar-refractivity contribution in [3.05, 3.63) is 101 Å². The van der Waals surface area contributed by atoms with Crippen molar-refractivity contribution < 1.29 is 14.6 Å². The molecule has 0 saturated heterocycles. The highest BCUT2D eigenvalue weighted by Crippen LogP contribution is 2.39. The number of rotatable bonds is 8. The van der Waals surface area contributed by atoms with Crippen LogP contribution in [0.1, 0.15) is 41.4 Å². The SMILES string of the molecule is O=C(O)c1ccc(-c2cn(C(CC3CC3)c3ccc(-c4cc(Cl)ccc4-n4cnnn4)c[n+]3[O-])cn2)cc1. The Hall–Kier alpha value is -4.57. The highest BCUT2D eigenvalue weighted by Gasteiger charge is 2.31. The van der Waals surface area contributed by atoms with Crippen molar-refractivity contribution in [2.24, 2.45) is 5.92 Å². The van der Waals surface area contributed by atoms with Crippen molar-refractivity contribution >= 4 is 17.6 Å². The fourth-order valence-corrected chi connectivity index (χ4v) is 4.80. The number of nitrogens with zero attached hydrogens (tertiary/aromatic N) is 7. The van der Waals surface area contributed by atoms with Crippen LogP contribution in [0.25, 0.3) is 28.1 Å². The lowest BCUT2D eigenvalue weighted by Gasteiger charge is -2.18. The number of hydrogen-bond acceptors (Lipinski definition) is 6. The van der Waals surface area contributed by atoms with Crippen LogP contribution in [-0.2, 0) is 0 Å². The molecule has 190 valence electrons. The number of benzene rings is 2. The van der Waals surface area contributed by atoms with Crippen LogP contribution in [0.15, 0.2) is 79.6 Å². The van der Waals surface area contributed by atoms with Crippen LogP contribution in [0.4, 0.5) is 0 Å². The van der Waals surface area contributed by atoms with Gasteiger partial charge in [0.2, 0.25) is 5.69 Å². The summed E-state index contributed by atoms with van der Waals surface area (Å²) in [7, 11) is 0. The highest BCUT2D eigenvalue weighted by atomic mass is 35.5. The fourth-order valence-electron chi connectivity index (χ4n) is 4.63. The van der Waals surface area contributed by atoms with Gasteiger partial charge in [-0.3, -0.25) is 0 Å². The normalized spacial score (nSPS) is 13.9. The lowest BCUT2D eigenvalue weighted by molar-refractivity contribution is -0.615. The van der Waals surface area contributed by atoms with E-state index in [9.17, 15) is 10.0 Å². The van der Waals surface area contributed by atoms with E-state index in [1.54, 1.807) is 48.9 Å². The van der Waals surface area contributed by atoms with Gasteiger partial charge in [0.25, 0.3) is 0 Å². The maximum Gasteiger partial charge on any atom is 0.335 e. The summed E-state index contributed by atoms with van der Waals surface area (Å²) in [5.74, 6) is -0.419. The second kappa shape index (κ2) is 9.71. The highest BCUT2D eigenvalue weighted by molar-refractivity contribution is 6.31. The number of aromatic nitrogens is 7. The van der Waals surface area contributed by atoms with Crippen molar-refractivity contribution in [2.75, 3.05) is 0 Å². The minimum absolute atomic E-state index is 0.202. The Kier molecular flexibility index (Phi) is 6.09. The number of carboxylic acid groups (broad SMARTS) is 1. The molecule has 3 heterocycles. The Balaban J connectivity index is 1.35. The standard InChI is InChI=1S/C27H22ClN7O3/c28-21-8-10-24(34-16-30-31-32-34)22(12-21)20-7-9-25(35(38)13-20)26(11-17-1-2-17)33-14-23(29-15-33)18-3-5-19(6-4-18)27(36)37/h3-10,12-17,26H,1-2,11H2,(H,36,37). The second-order valence-electron chi connectivity index (χ2n) is 9.37. The molecular weight excluding hydrogens is 506 g/mol. The van der Waals surface area contributed by atoms with Gasteiger partial charge in [-0.1, -0.05) is 36.6 Å². The van der Waals surface area contributed by atoms with Crippen LogP contribution >= 0.6 is 11.6 Å². The molecule has 0 bridgehead atoms. The van der Waals surface area contributed by atoms with Gasteiger partial charge in [0.15, 0.2) is 6.20 Å². The first-order chi connectivity index (χ1) is 18.5. The third-order valence-electron chi connectivity index (χ3n) is 6.79. The molecule has 0 radical (unpaired) electrons. The largest absolute Gasteiger partial charge is 0.618 e. The van der Waals surface area contributed by atoms with E-state index >= 15 is 0 Å². The van der Waals surface area contributed by atoms with Crippen LogP contribution < -0.4 is 4.73 Å². The number of halogens is 1. The van der Waals surface area contributed by atoms with E-state index in [0.717, 1.165) is 35.1 Å². The lowest BCUT2D eigenvalue weighted by atomic mass is 10.0. The van der Waals surface area contributed by atoms with E-state index in [0.29, 0.717) is 33.6 Å². The Morgan fingerprint density at radius 2 is 1.89 bits per heavy atom. The van der Waals surface area contributed by atoms with Gasteiger partial charge in [0.1, 0.15) is 12.4 Å². The zero-order valence-corrected chi connectivity index (χ0v) is 20.8. The smallest absolute Gasteiger partial charge is 0.335 e. The molecule has 38 heavy (non-hydrogen) atoms. The summed E-state index contributed by atoms with van der Waals surface area (Å²) in [6.07, 6.45) is 9.79. The van der Waals surface area contributed by atoms with Gasteiger partial charge in [0, 0.05) is 34.0 Å². The fraction of sp³-hybridized carbons (Fsp3) is 0.185. The summed E-state index contributed by atoms with van der Waals surface area (Å²) >= 11 is 6.29. The van der Waals surface area contributed by atoms with Crippen molar-refractivity contribution in [1.29, 1.82) is 0 Å². The number of carboxylic acids is 1. The number of hydrogen-bond donors (Lipinski definition) is 1. The summed E-state index contributed by atoms with van der Waals surface area (Å²) < 4.78 is 4.41. The van der Waals surface area contributed by atoms with Crippen LogP contribution in [0, 0.1) is 11.1 Å². The van der Waals surface area contributed by atoms with Crippen LogP contribution in [0.5, 0.6) is 0 Å². The molecule has 6 rings (SSSR count). The predicted octanol–water partition coefficient (Wildman–Crippen LogP) is 4.57. The van der Waals surface area contributed by atoms with Crippen molar-refractivity contribution in [3.8, 4) is 28.1 Å². The number of carbonyl (C=O) groups is 1. The van der Waals surface area contributed by atoms with E-state index in [1.165, 1.54) is 11.0 Å². The summed E-state index contributed by atoms with van der Waals surface area (Å²) in [6.45, 7) is 0. The lowest BCUT2D eigenvalue weighted by Crippen LogP contribution is -2.35. The average molecular weight is 528 g/mol. The number of imidazole rings is 1. The first kappa shape index (κ1) is 23.8. The quantitative estimate of drug-likeness (QED) is 0.231. The van der Waals surface area contributed by atoms with Crippen molar-refractivity contribution in [1.82, 2.24) is 29.8 Å². The van der Waals surface area contributed by atoms with Crippen molar-refractivity contribution in [2.45, 2.75) is 25.3 Å². The molecule has 11 heteroatoms. The van der Waals surface area contributed by atoms with E-state index in [4.69, 9.17) is 16.7 Å². The average Bonchev–Trinajstić information content (AvgIpc) is 3.36. The molecule has 1 aliphatic carbocycles. The topological polar surface area (TPSA) is 126 Å². The molecule has 5 aromatic rings. The molecule has 1 aliphatic rings. The Bertz CT molecular complexity index is 1610. The molecule has 0 amide bonds. The molecule has 0 aliphatic heterocycles. The minimum atomic E-state index is -0.974. The van der Waals surface area contributed by atoms with Gasteiger partial charge in [-0.25, -0.2) is 9.78 Å². The molecular formula is C27H22ClN7O3. The zero-order chi connectivity index (χ0) is 26.2. The first-order valence-corrected chi connectivity index (χ1v) is 12.5. The molecule has 3 aromatic heterocycles. The molecule has 1 saturated carbocycles. The van der Waals surface area contributed by atoms with E-state index in [2.05, 4.69) is 20.5 Å². The van der Waals surface area contributed by atoms with Gasteiger partial charge in [-0.2, -0.15) is 9.41 Å². The second-order valence-corrected chi connectivity index (χ2v) is 9.80. The molecule has 2 aromatic carbocycles. The maximum atomic E-state index is 13.4. The van der Waals surface area contributed by atoms with Gasteiger partial charge < -0.3 is 14.9 Å². The summed E-state index contributed by atoms with van der Waals surface area (Å²) in [6, 6.07) is 15.5. The van der Waals surface area contributed by atoms with Crippen LogP contribution in [0.3, 0.4) is 0 Å². The summed E-state index contributed by atoms with van der Waals surface area (Å²) in [5.41, 5.74) is 4.46. The molecule has 1 fully saturated rings. The zero-order valence-electron chi connectivity index (χ0n) is 20.1. The molecule has 1 atom stereocenters. The Morgan fingerprint density at radius 3 is 2.58 bits per heavy atom. The number of tetrazole rings is 1. The third-order valence-corrected chi connectivity index (χ3v) is 7.03. The van der Waals surface area contributed by atoms with Crippen LogP contribution in [-0.4, -0.2) is 40.8 Å².